The van der Waals surface area contributed by atoms with E-state index in [2.05, 4.69) is 23.3 Å². The van der Waals surface area contributed by atoms with Gasteiger partial charge in [-0.25, -0.2) is 4.98 Å². The van der Waals surface area contributed by atoms with Crippen molar-refractivity contribution in [3.05, 3.63) is 29.0 Å². The molecule has 1 N–H and O–H groups in total. The number of aromatic nitrogens is 1. The number of rotatable bonds is 6. The molecule has 6 nitrogen and oxygen atoms in total. The Hall–Kier alpha value is -1.98. The van der Waals surface area contributed by atoms with Crippen molar-refractivity contribution in [2.45, 2.75) is 52.1 Å². The van der Waals surface area contributed by atoms with E-state index in [1.54, 1.807) is 13.3 Å². The second kappa shape index (κ2) is 7.28. The third-order valence-electron chi connectivity index (χ3n) is 6.63. The Morgan fingerprint density at radius 3 is 2.58 bits per heavy atom. The molecule has 1 aliphatic heterocycles. The second-order valence-corrected chi connectivity index (χ2v) is 13.8. The van der Waals surface area contributed by atoms with Gasteiger partial charge in [-0.05, 0) is 82.0 Å². The van der Waals surface area contributed by atoms with Gasteiger partial charge in [-0.1, -0.05) is 11.3 Å². The number of nitrogens with zero attached hydrogens (tertiary/aromatic N) is 2. The minimum absolute atomic E-state index is 0.0123. The van der Waals surface area contributed by atoms with Crippen LogP contribution in [0.15, 0.2) is 12.1 Å². The minimum Gasteiger partial charge on any atom is -0.331 e. The number of nitrogens with one attached hydrogen (secondary N) is 1. The van der Waals surface area contributed by atoms with Gasteiger partial charge in [0.15, 0.2) is 5.13 Å². The highest BCUT2D eigenvalue weighted by atomic mass is 32.1. The summed E-state index contributed by atoms with van der Waals surface area (Å²) in [6, 6.07) is 4.17. The highest BCUT2D eigenvalue weighted by molar-refractivity contribution is 7.70. The van der Waals surface area contributed by atoms with Gasteiger partial charge in [0.25, 0.3) is 5.91 Å². The third-order valence-corrected chi connectivity index (χ3v) is 9.26. The van der Waals surface area contributed by atoms with E-state index in [1.165, 1.54) is 24.2 Å². The SMILES string of the molecule is Cc1nc(NC(=O)C2CC2)sc1-c1cc2c(c(P(C)(C)=O)c1)C(=O)N([C@@H](C)C1CC1)C2. The molecule has 0 bridgehead atoms. The fourth-order valence-electron chi connectivity index (χ4n) is 4.44. The number of carbonyl (C=O) groups excluding carboxylic acids is 2. The van der Waals surface area contributed by atoms with E-state index in [0.29, 0.717) is 28.5 Å². The van der Waals surface area contributed by atoms with E-state index in [4.69, 9.17) is 0 Å². The van der Waals surface area contributed by atoms with Crippen LogP contribution in [0.1, 0.15) is 54.2 Å². The van der Waals surface area contributed by atoms with Crippen molar-refractivity contribution in [1.82, 2.24) is 9.88 Å². The van der Waals surface area contributed by atoms with Crippen molar-refractivity contribution < 1.29 is 14.2 Å². The number of benzene rings is 1. The number of amides is 2. The molecule has 1 aromatic heterocycles. The molecule has 8 heteroatoms. The van der Waals surface area contributed by atoms with E-state index in [9.17, 15) is 14.2 Å². The van der Waals surface area contributed by atoms with Gasteiger partial charge in [0.1, 0.15) is 7.14 Å². The average molecular weight is 458 g/mol. The van der Waals surface area contributed by atoms with Crippen LogP contribution in [0.25, 0.3) is 10.4 Å². The maximum atomic E-state index is 13.3. The van der Waals surface area contributed by atoms with Crippen molar-refractivity contribution in [1.29, 1.82) is 0 Å². The first-order valence-corrected chi connectivity index (χ1v) is 14.4. The monoisotopic (exact) mass is 457 g/mol. The van der Waals surface area contributed by atoms with Crippen molar-refractivity contribution in [3.8, 4) is 10.4 Å². The molecule has 2 amide bonds. The van der Waals surface area contributed by atoms with Crippen LogP contribution in [-0.4, -0.2) is 41.1 Å². The van der Waals surface area contributed by atoms with E-state index in [0.717, 1.165) is 34.5 Å². The lowest BCUT2D eigenvalue weighted by molar-refractivity contribution is -0.117. The van der Waals surface area contributed by atoms with Gasteiger partial charge in [-0.2, -0.15) is 0 Å². The number of fused-ring (bicyclic) bond motifs is 1. The Bertz CT molecular complexity index is 1140. The van der Waals surface area contributed by atoms with Crippen LogP contribution in [-0.2, 0) is 15.9 Å². The lowest BCUT2D eigenvalue weighted by Gasteiger charge is -2.24. The molecule has 5 rings (SSSR count). The zero-order chi connectivity index (χ0) is 22.1. The quantitative estimate of drug-likeness (QED) is 0.649. The fourth-order valence-corrected chi connectivity index (χ4v) is 6.63. The molecule has 3 aliphatic rings. The summed E-state index contributed by atoms with van der Waals surface area (Å²) in [5, 5.41) is 4.19. The van der Waals surface area contributed by atoms with Gasteiger partial charge in [0.05, 0.1) is 16.1 Å². The van der Waals surface area contributed by atoms with Crippen molar-refractivity contribution in [3.63, 3.8) is 0 Å². The number of thiazole rings is 1. The summed E-state index contributed by atoms with van der Waals surface area (Å²) in [7, 11) is -2.68. The number of aryl methyl sites for hydroxylation is 1. The Kier molecular flexibility index (Phi) is 4.91. The van der Waals surface area contributed by atoms with Gasteiger partial charge in [-0.3, -0.25) is 9.59 Å². The molecule has 2 fully saturated rings. The summed E-state index contributed by atoms with van der Waals surface area (Å²) in [5.41, 5.74) is 3.34. The van der Waals surface area contributed by atoms with Crippen LogP contribution in [0, 0.1) is 18.8 Å². The molecule has 2 saturated carbocycles. The molecule has 1 aromatic carbocycles. The normalized spacial score (nSPS) is 19.5. The van der Waals surface area contributed by atoms with Gasteiger partial charge >= 0.3 is 0 Å². The summed E-state index contributed by atoms with van der Waals surface area (Å²) in [6.07, 6.45) is 4.25. The summed E-state index contributed by atoms with van der Waals surface area (Å²) in [4.78, 5) is 32.9. The maximum Gasteiger partial charge on any atom is 0.255 e. The Morgan fingerprint density at radius 2 is 1.97 bits per heavy atom. The van der Waals surface area contributed by atoms with Crippen LogP contribution in [0.2, 0.25) is 0 Å². The van der Waals surface area contributed by atoms with Crippen molar-refractivity contribution in [2.75, 3.05) is 18.6 Å². The molecular formula is C23H28N3O3PS. The lowest BCUT2D eigenvalue weighted by atomic mass is 10.0. The van der Waals surface area contributed by atoms with Crippen LogP contribution in [0.5, 0.6) is 0 Å². The molecule has 0 unspecified atom stereocenters. The molecule has 2 aromatic rings. The average Bonchev–Trinajstić information content (AvgIpc) is 3.61. The largest absolute Gasteiger partial charge is 0.331 e. The highest BCUT2D eigenvalue weighted by Crippen LogP contribution is 2.44. The summed E-state index contributed by atoms with van der Waals surface area (Å²) >= 11 is 1.44. The first-order chi connectivity index (χ1) is 14.6. The summed E-state index contributed by atoms with van der Waals surface area (Å²) in [5.74, 6) is 0.753. The van der Waals surface area contributed by atoms with Gasteiger partial charge in [0.2, 0.25) is 5.91 Å². The Morgan fingerprint density at radius 1 is 1.26 bits per heavy atom. The van der Waals surface area contributed by atoms with Gasteiger partial charge in [0, 0.05) is 23.8 Å². The van der Waals surface area contributed by atoms with Crippen LogP contribution >= 0.6 is 18.5 Å². The van der Waals surface area contributed by atoms with Crippen LogP contribution in [0.4, 0.5) is 5.13 Å². The molecule has 1 atom stereocenters. The molecule has 164 valence electrons. The third kappa shape index (κ3) is 3.87. The zero-order valence-corrected chi connectivity index (χ0v) is 20.1. The smallest absolute Gasteiger partial charge is 0.255 e. The van der Waals surface area contributed by atoms with Crippen molar-refractivity contribution in [2.24, 2.45) is 11.8 Å². The van der Waals surface area contributed by atoms with Crippen LogP contribution in [0.3, 0.4) is 0 Å². The minimum atomic E-state index is -2.68. The number of hydrogen-bond donors (Lipinski definition) is 1. The van der Waals surface area contributed by atoms with E-state index in [-0.39, 0.29) is 23.8 Å². The number of carbonyl (C=O) groups is 2. The second-order valence-electron chi connectivity index (χ2n) is 9.59. The number of hydrogen-bond acceptors (Lipinski definition) is 5. The maximum absolute atomic E-state index is 13.3. The van der Waals surface area contributed by atoms with E-state index >= 15 is 0 Å². The van der Waals surface area contributed by atoms with E-state index < -0.39 is 7.14 Å². The number of anilines is 1. The predicted molar refractivity (Wildman–Crippen MR) is 125 cm³/mol. The predicted octanol–water partition coefficient (Wildman–Crippen LogP) is 4.47. The molecule has 0 saturated heterocycles. The standard InChI is InChI=1S/C23H28N3O3PS/c1-12-20(31-23(24-12)25-21(27)15-7-8-15)16-9-17-11-26(13(2)14-5-6-14)22(28)19(17)18(10-16)30(3,4)29/h9-10,13-15H,5-8,11H2,1-4H3,(H,24,25,27)/t13-/m0/s1. The van der Waals surface area contributed by atoms with Gasteiger partial charge in [-0.15, -0.1) is 0 Å². The lowest BCUT2D eigenvalue weighted by Crippen LogP contribution is -2.35. The molecule has 0 spiro atoms. The van der Waals surface area contributed by atoms with Gasteiger partial charge < -0.3 is 14.8 Å². The topological polar surface area (TPSA) is 79.4 Å². The molecule has 31 heavy (non-hydrogen) atoms. The molecule has 2 aliphatic carbocycles. The first kappa shape index (κ1) is 20.9. The Labute approximate surface area is 186 Å². The summed E-state index contributed by atoms with van der Waals surface area (Å²) < 4.78 is 13.2. The fraction of sp³-hybridized carbons (Fsp3) is 0.522. The first-order valence-electron chi connectivity index (χ1n) is 11.0. The molecule has 0 radical (unpaired) electrons. The van der Waals surface area contributed by atoms with Crippen LogP contribution < -0.4 is 10.6 Å². The van der Waals surface area contributed by atoms with Crippen molar-refractivity contribution >= 4 is 40.7 Å². The summed E-state index contributed by atoms with van der Waals surface area (Å²) in [6.45, 7) is 8.08. The highest BCUT2D eigenvalue weighted by Gasteiger charge is 2.41. The zero-order valence-electron chi connectivity index (χ0n) is 18.4. The molecular weight excluding hydrogens is 429 g/mol. The molecule has 2 heterocycles. The van der Waals surface area contributed by atoms with E-state index in [1.807, 2.05) is 17.9 Å². The Balaban J connectivity index is 1.54.